The van der Waals surface area contributed by atoms with E-state index in [2.05, 4.69) is 80.8 Å². The van der Waals surface area contributed by atoms with E-state index in [1.54, 1.807) is 0 Å². The summed E-state index contributed by atoms with van der Waals surface area (Å²) in [6, 6.07) is 0. The first kappa shape index (κ1) is 20.8. The highest BCUT2D eigenvalue weighted by Crippen LogP contribution is 2.57. The first-order valence-corrected chi connectivity index (χ1v) is 10.1. The Labute approximate surface area is 162 Å². The van der Waals surface area contributed by atoms with Gasteiger partial charge in [0.1, 0.15) is 21.4 Å². The maximum absolute atomic E-state index is 6.23. The zero-order valence-corrected chi connectivity index (χ0v) is 18.1. The van der Waals surface area contributed by atoms with E-state index in [9.17, 15) is 0 Å². The fourth-order valence-corrected chi connectivity index (χ4v) is 3.85. The second-order valence-corrected chi connectivity index (χ2v) is 9.74. The van der Waals surface area contributed by atoms with Gasteiger partial charge in [-0.05, 0) is 19.0 Å². The van der Waals surface area contributed by atoms with Crippen molar-refractivity contribution < 1.29 is 4.74 Å². The van der Waals surface area contributed by atoms with Crippen molar-refractivity contribution in [2.75, 3.05) is 26.7 Å². The van der Waals surface area contributed by atoms with Crippen LogP contribution in [0, 0.1) is 0 Å². The molecule has 1 aliphatic rings. The van der Waals surface area contributed by atoms with Crippen LogP contribution >= 0.6 is 11.7 Å². The van der Waals surface area contributed by atoms with E-state index in [0.29, 0.717) is 12.5 Å². The van der Waals surface area contributed by atoms with Crippen molar-refractivity contribution >= 4 is 64.4 Å². The molecule has 0 spiro atoms. The van der Waals surface area contributed by atoms with Gasteiger partial charge in [0.05, 0.1) is 49.7 Å². The minimum Gasteiger partial charge on any atom is -0.476 e. The number of hydrogen-bond acceptors (Lipinski definition) is 5. The smallest absolute Gasteiger partial charge is 0.253 e. The van der Waals surface area contributed by atoms with Gasteiger partial charge in [-0.2, -0.15) is 4.37 Å². The molecule has 25 heavy (non-hydrogen) atoms. The zero-order chi connectivity index (χ0) is 18.9. The first-order valence-electron chi connectivity index (χ1n) is 9.35. The molecule has 1 aromatic heterocycles. The summed E-state index contributed by atoms with van der Waals surface area (Å²) in [7, 11) is 16.2. The molecule has 0 aromatic carbocycles. The number of nitrogens with zero attached hydrogens (tertiary/aromatic N) is 3. The first-order chi connectivity index (χ1) is 11.5. The molecule has 2 rings (SSSR count). The van der Waals surface area contributed by atoms with Crippen LogP contribution in [-0.4, -0.2) is 87.5 Å². The highest BCUT2D eigenvalue weighted by atomic mass is 32.1. The van der Waals surface area contributed by atoms with Gasteiger partial charge in [-0.3, -0.25) is 0 Å². The van der Waals surface area contributed by atoms with E-state index in [1.165, 1.54) is 17.3 Å². The van der Waals surface area contributed by atoms with Gasteiger partial charge < -0.3 is 9.64 Å². The van der Waals surface area contributed by atoms with Gasteiger partial charge in [0.25, 0.3) is 5.88 Å². The van der Waals surface area contributed by atoms with E-state index in [1.807, 2.05) is 0 Å². The largest absolute Gasteiger partial charge is 0.476 e. The van der Waals surface area contributed by atoms with E-state index < -0.39 is 0 Å². The lowest BCUT2D eigenvalue weighted by Gasteiger charge is -2.53. The highest BCUT2D eigenvalue weighted by molar-refractivity contribution is 6.99. The van der Waals surface area contributed by atoms with Gasteiger partial charge in [-0.15, -0.1) is 4.37 Å². The van der Waals surface area contributed by atoms with E-state index in [-0.39, 0.29) is 15.6 Å². The summed E-state index contributed by atoms with van der Waals surface area (Å²) in [6.45, 7) is 4.93. The molecule has 4 nitrogen and oxygen atoms in total. The molecule has 0 amide bonds. The normalized spacial score (nSPS) is 17.3. The molecule has 0 saturated carbocycles. The van der Waals surface area contributed by atoms with Crippen LogP contribution in [0.2, 0.25) is 15.6 Å². The SMILES string of the molecule is BC(B)(CC)C(B)(B)C(B)(B)COc1nsnc1C1=CCCN(C)C1. The molecule has 0 aliphatic carbocycles. The Morgan fingerprint density at radius 1 is 1.16 bits per heavy atom. The summed E-state index contributed by atoms with van der Waals surface area (Å²) in [6.07, 6.45) is 4.48. The summed E-state index contributed by atoms with van der Waals surface area (Å²) < 4.78 is 15.2. The van der Waals surface area contributed by atoms with Crippen LogP contribution < -0.4 is 4.74 Å². The van der Waals surface area contributed by atoms with Gasteiger partial charge in [0.2, 0.25) is 0 Å². The molecule has 0 atom stereocenters. The zero-order valence-electron chi connectivity index (χ0n) is 17.3. The van der Waals surface area contributed by atoms with Gasteiger partial charge in [-0.1, -0.05) is 35.1 Å². The predicted octanol–water partition coefficient (Wildman–Crippen LogP) is -2.81. The molecule has 0 radical (unpaired) electrons. The van der Waals surface area contributed by atoms with Crippen LogP contribution in [0.4, 0.5) is 0 Å². The van der Waals surface area contributed by atoms with Gasteiger partial charge in [0, 0.05) is 13.1 Å². The molecule has 1 aromatic rings. The van der Waals surface area contributed by atoms with Crippen LogP contribution in [0.25, 0.3) is 5.57 Å². The van der Waals surface area contributed by atoms with Gasteiger partial charge >= 0.3 is 0 Å². The van der Waals surface area contributed by atoms with Gasteiger partial charge in [0.15, 0.2) is 0 Å². The third kappa shape index (κ3) is 4.24. The summed E-state index contributed by atoms with van der Waals surface area (Å²) in [4.78, 5) is 2.31. The molecule has 0 saturated heterocycles. The Morgan fingerprint density at radius 3 is 2.44 bits per heavy atom. The van der Waals surface area contributed by atoms with Crippen molar-refractivity contribution in [3.05, 3.63) is 11.8 Å². The molecule has 11 heteroatoms. The molecule has 0 bridgehead atoms. The fourth-order valence-electron chi connectivity index (χ4n) is 3.32. The van der Waals surface area contributed by atoms with Crippen LogP contribution in [0.5, 0.6) is 5.88 Å². The van der Waals surface area contributed by atoms with E-state index in [4.69, 9.17) is 4.74 Å². The van der Waals surface area contributed by atoms with Crippen LogP contribution in [-0.2, 0) is 0 Å². The Morgan fingerprint density at radius 2 is 1.84 bits per heavy atom. The maximum atomic E-state index is 6.23. The lowest BCUT2D eigenvalue weighted by molar-refractivity contribution is 0.270. The molecule has 2 heterocycles. The molecule has 130 valence electrons. The minimum atomic E-state index is 0.0190. The van der Waals surface area contributed by atoms with Crippen molar-refractivity contribution in [3.63, 3.8) is 0 Å². The quantitative estimate of drug-likeness (QED) is 0.497. The van der Waals surface area contributed by atoms with Crippen molar-refractivity contribution in [3.8, 4) is 5.88 Å². The highest BCUT2D eigenvalue weighted by Gasteiger charge is 2.46. The standard InChI is InChI=1S/C14H29B6N3OS/c1-3-12(15,16)14(19,20)13(17,18)8-24-11-10(21-25-22-11)9-5-4-6-23(2)7-9/h5H,3-4,6-8,15-20H2,1-2H3. The Bertz CT molecular complexity index is 634. The average Bonchev–Trinajstić information content (AvgIpc) is 3.01. The number of rotatable bonds is 7. The fraction of sp³-hybridized carbons (Fsp3) is 0.714. The average molecular weight is 352 g/mol. The van der Waals surface area contributed by atoms with Crippen LogP contribution in [0.1, 0.15) is 25.5 Å². The molecule has 1 aliphatic heterocycles. The Hall–Kier alpha value is -0.550. The molecular formula is C14H29B6N3OS. The van der Waals surface area contributed by atoms with Crippen molar-refractivity contribution in [2.24, 2.45) is 0 Å². The predicted molar refractivity (Wildman–Crippen MR) is 125 cm³/mol. The summed E-state index contributed by atoms with van der Waals surface area (Å²) in [5.41, 5.74) is 2.17. The van der Waals surface area contributed by atoms with Crippen LogP contribution in [0.3, 0.4) is 0 Å². The summed E-state index contributed by atoms with van der Waals surface area (Å²) in [5.74, 6) is 0.699. The lowest BCUT2D eigenvalue weighted by atomic mass is 9.17. The lowest BCUT2D eigenvalue weighted by Crippen LogP contribution is -2.46. The molecule has 0 unspecified atom stereocenters. The summed E-state index contributed by atoms with van der Waals surface area (Å²) in [5, 5.41) is 0.380. The monoisotopic (exact) mass is 353 g/mol. The molecule has 0 N–H and O–H groups in total. The summed E-state index contributed by atoms with van der Waals surface area (Å²) >= 11 is 1.24. The molecular weight excluding hydrogens is 323 g/mol. The van der Waals surface area contributed by atoms with Crippen molar-refractivity contribution in [1.82, 2.24) is 13.6 Å². The minimum absolute atomic E-state index is 0.0190. The van der Waals surface area contributed by atoms with E-state index >= 15 is 0 Å². The number of hydrogen-bond donors (Lipinski definition) is 0. The van der Waals surface area contributed by atoms with Gasteiger partial charge in [-0.25, -0.2) is 0 Å². The topological polar surface area (TPSA) is 38.3 Å². The Balaban J connectivity index is 2.14. The number of likely N-dealkylation sites (N-methyl/N-ethyl adjacent to an activating group) is 1. The third-order valence-electron chi connectivity index (χ3n) is 6.94. The van der Waals surface area contributed by atoms with Crippen molar-refractivity contribution in [1.29, 1.82) is 0 Å². The van der Waals surface area contributed by atoms with Crippen LogP contribution in [0.15, 0.2) is 6.08 Å². The number of ether oxygens (including phenoxy) is 1. The van der Waals surface area contributed by atoms with Crippen molar-refractivity contribution in [2.45, 2.75) is 35.4 Å². The number of aromatic nitrogens is 2. The third-order valence-corrected chi connectivity index (χ3v) is 7.45. The second kappa shape index (κ2) is 7.59. The second-order valence-electron chi connectivity index (χ2n) is 9.21. The Kier molecular flexibility index (Phi) is 6.31. The van der Waals surface area contributed by atoms with E-state index in [0.717, 1.165) is 31.6 Å². The molecule has 0 fully saturated rings. The maximum Gasteiger partial charge on any atom is 0.253 e.